The number of rotatable bonds is 5. The molecule has 2 fully saturated rings. The van der Waals surface area contributed by atoms with E-state index in [1.807, 2.05) is 0 Å². The zero-order valence-corrected chi connectivity index (χ0v) is 13.3. The summed E-state index contributed by atoms with van der Waals surface area (Å²) in [5.74, 6) is -4.06. The van der Waals surface area contributed by atoms with Crippen molar-refractivity contribution in [3.63, 3.8) is 0 Å². The van der Waals surface area contributed by atoms with Gasteiger partial charge in [-0.2, -0.15) is 13.2 Å². The lowest BCUT2D eigenvalue weighted by Crippen LogP contribution is -2.51. The van der Waals surface area contributed by atoms with Crippen LogP contribution in [0.3, 0.4) is 0 Å². The number of nitrogens with zero attached hydrogens (tertiary/aromatic N) is 1. The molecule has 1 aliphatic carbocycles. The lowest BCUT2D eigenvalue weighted by atomic mass is 9.96. The van der Waals surface area contributed by atoms with Gasteiger partial charge in [0, 0.05) is 12.6 Å². The highest BCUT2D eigenvalue weighted by Crippen LogP contribution is 2.33. The minimum atomic E-state index is -4.59. The van der Waals surface area contributed by atoms with Crippen LogP contribution in [0.4, 0.5) is 13.2 Å². The highest BCUT2D eigenvalue weighted by atomic mass is 19.4. The molecular weight excluding hydrogens is 327 g/mol. The van der Waals surface area contributed by atoms with Crippen molar-refractivity contribution in [1.82, 2.24) is 15.5 Å². The lowest BCUT2D eigenvalue weighted by molar-refractivity contribution is -0.195. The van der Waals surface area contributed by atoms with Crippen molar-refractivity contribution >= 4 is 17.7 Å². The molecule has 136 valence electrons. The minimum absolute atomic E-state index is 0.118. The number of alkyl halides is 3. The topological polar surface area (TPSA) is 78.5 Å². The summed E-state index contributed by atoms with van der Waals surface area (Å²) in [6.45, 7) is -0.574. The van der Waals surface area contributed by atoms with E-state index in [9.17, 15) is 27.6 Å². The largest absolute Gasteiger partial charge is 0.400 e. The second kappa shape index (κ2) is 7.85. The van der Waals surface area contributed by atoms with Gasteiger partial charge in [0.25, 0.3) is 0 Å². The number of piperidine rings is 1. The van der Waals surface area contributed by atoms with Crippen LogP contribution in [0.5, 0.6) is 0 Å². The van der Waals surface area contributed by atoms with Crippen molar-refractivity contribution in [3.8, 4) is 0 Å². The predicted molar refractivity (Wildman–Crippen MR) is 78.8 cm³/mol. The number of likely N-dealkylation sites (tertiary alicyclic amines) is 1. The number of hydrogen-bond donors (Lipinski definition) is 2. The SMILES string of the molecule is O=C(CN1CCCC(C(F)(F)F)C1=O)NCC(=O)NC1CCCC1. The van der Waals surface area contributed by atoms with Gasteiger partial charge in [-0.1, -0.05) is 12.8 Å². The average Bonchev–Trinajstić information content (AvgIpc) is 2.99. The van der Waals surface area contributed by atoms with Crippen LogP contribution in [-0.2, 0) is 14.4 Å². The molecule has 1 aliphatic heterocycles. The van der Waals surface area contributed by atoms with Crippen LogP contribution < -0.4 is 10.6 Å². The Morgan fingerprint density at radius 3 is 2.38 bits per heavy atom. The molecule has 1 saturated carbocycles. The van der Waals surface area contributed by atoms with Crippen molar-refractivity contribution in [2.75, 3.05) is 19.6 Å². The van der Waals surface area contributed by atoms with Crippen LogP contribution in [-0.4, -0.2) is 54.5 Å². The van der Waals surface area contributed by atoms with Gasteiger partial charge in [-0.3, -0.25) is 14.4 Å². The summed E-state index contributed by atoms with van der Waals surface area (Å²) in [7, 11) is 0. The third-order valence-corrected chi connectivity index (χ3v) is 4.43. The standard InChI is InChI=1S/C15H22F3N3O3/c16-15(17,18)11-6-3-7-21(14(11)24)9-13(23)19-8-12(22)20-10-4-1-2-5-10/h10-11H,1-9H2,(H,19,23)(H,20,22). The maximum absolute atomic E-state index is 12.7. The quantitative estimate of drug-likeness (QED) is 0.776. The minimum Gasteiger partial charge on any atom is -0.352 e. The van der Waals surface area contributed by atoms with Crippen LogP contribution in [0.25, 0.3) is 0 Å². The van der Waals surface area contributed by atoms with E-state index in [4.69, 9.17) is 0 Å². The molecule has 1 unspecified atom stereocenters. The smallest absolute Gasteiger partial charge is 0.352 e. The fourth-order valence-corrected chi connectivity index (χ4v) is 3.16. The van der Waals surface area contributed by atoms with E-state index in [-0.39, 0.29) is 37.9 Å². The highest BCUT2D eigenvalue weighted by Gasteiger charge is 2.48. The molecule has 9 heteroatoms. The van der Waals surface area contributed by atoms with Crippen LogP contribution in [0.15, 0.2) is 0 Å². The zero-order chi connectivity index (χ0) is 17.7. The molecule has 0 aromatic carbocycles. The highest BCUT2D eigenvalue weighted by molar-refractivity contribution is 5.89. The molecule has 0 aromatic rings. The zero-order valence-electron chi connectivity index (χ0n) is 13.3. The fourth-order valence-electron chi connectivity index (χ4n) is 3.16. The van der Waals surface area contributed by atoms with E-state index in [0.717, 1.165) is 30.6 Å². The molecule has 0 aromatic heterocycles. The van der Waals surface area contributed by atoms with Crippen molar-refractivity contribution < 1.29 is 27.6 Å². The Morgan fingerprint density at radius 1 is 1.08 bits per heavy atom. The first-order valence-corrected chi connectivity index (χ1v) is 8.19. The summed E-state index contributed by atoms with van der Waals surface area (Å²) in [6.07, 6.45) is -0.673. The first-order valence-electron chi connectivity index (χ1n) is 8.19. The van der Waals surface area contributed by atoms with Gasteiger partial charge in [0.15, 0.2) is 0 Å². The first-order chi connectivity index (χ1) is 11.3. The van der Waals surface area contributed by atoms with Gasteiger partial charge in [0.05, 0.1) is 13.1 Å². The Balaban J connectivity index is 1.75. The molecule has 2 aliphatic rings. The molecule has 1 heterocycles. The Labute approximate surface area is 138 Å². The van der Waals surface area contributed by atoms with Gasteiger partial charge in [0.1, 0.15) is 5.92 Å². The summed E-state index contributed by atoms with van der Waals surface area (Å²) < 4.78 is 38.2. The second-order valence-corrected chi connectivity index (χ2v) is 6.32. The molecule has 0 radical (unpaired) electrons. The van der Waals surface area contributed by atoms with Gasteiger partial charge < -0.3 is 15.5 Å². The van der Waals surface area contributed by atoms with Crippen LogP contribution in [0.1, 0.15) is 38.5 Å². The molecule has 1 saturated heterocycles. The molecule has 6 nitrogen and oxygen atoms in total. The van der Waals surface area contributed by atoms with Crippen molar-refractivity contribution in [1.29, 1.82) is 0 Å². The molecule has 2 N–H and O–H groups in total. The first kappa shape index (κ1) is 18.5. The van der Waals surface area contributed by atoms with Gasteiger partial charge in [-0.05, 0) is 25.7 Å². The van der Waals surface area contributed by atoms with Gasteiger partial charge in [-0.25, -0.2) is 0 Å². The Bertz CT molecular complexity index is 490. The second-order valence-electron chi connectivity index (χ2n) is 6.32. The molecular formula is C15H22F3N3O3. The predicted octanol–water partition coefficient (Wildman–Crippen LogP) is 0.962. The number of halogens is 3. The van der Waals surface area contributed by atoms with E-state index in [1.54, 1.807) is 0 Å². The number of amides is 3. The maximum Gasteiger partial charge on any atom is 0.400 e. The van der Waals surface area contributed by atoms with Crippen LogP contribution in [0, 0.1) is 5.92 Å². The molecule has 24 heavy (non-hydrogen) atoms. The molecule has 2 rings (SSSR count). The Kier molecular flexibility index (Phi) is 6.06. The van der Waals surface area contributed by atoms with E-state index < -0.39 is 30.5 Å². The van der Waals surface area contributed by atoms with Gasteiger partial charge in [-0.15, -0.1) is 0 Å². The number of carbonyl (C=O) groups is 3. The monoisotopic (exact) mass is 349 g/mol. The molecule has 0 spiro atoms. The number of carbonyl (C=O) groups excluding carboxylic acids is 3. The molecule has 1 atom stereocenters. The third kappa shape index (κ3) is 5.10. The Hall–Kier alpha value is -1.80. The normalized spacial score (nSPS) is 22.5. The Morgan fingerprint density at radius 2 is 1.75 bits per heavy atom. The van der Waals surface area contributed by atoms with E-state index in [0.29, 0.717) is 0 Å². The van der Waals surface area contributed by atoms with Crippen molar-refractivity contribution in [3.05, 3.63) is 0 Å². The van der Waals surface area contributed by atoms with Crippen LogP contribution in [0.2, 0.25) is 0 Å². The molecule has 0 bridgehead atoms. The summed E-state index contributed by atoms with van der Waals surface area (Å²) in [5, 5.41) is 5.14. The average molecular weight is 349 g/mol. The maximum atomic E-state index is 12.7. The summed E-state index contributed by atoms with van der Waals surface area (Å²) >= 11 is 0. The van der Waals surface area contributed by atoms with Crippen LogP contribution >= 0.6 is 0 Å². The molecule has 3 amide bonds. The van der Waals surface area contributed by atoms with Gasteiger partial charge in [0.2, 0.25) is 17.7 Å². The third-order valence-electron chi connectivity index (χ3n) is 4.43. The van der Waals surface area contributed by atoms with E-state index >= 15 is 0 Å². The lowest BCUT2D eigenvalue weighted by Gasteiger charge is -2.32. The summed E-state index contributed by atoms with van der Waals surface area (Å²) in [5.41, 5.74) is 0. The number of nitrogens with one attached hydrogen (secondary N) is 2. The summed E-state index contributed by atoms with van der Waals surface area (Å²) in [6, 6.07) is 0.130. The van der Waals surface area contributed by atoms with E-state index in [2.05, 4.69) is 10.6 Å². The van der Waals surface area contributed by atoms with Crippen molar-refractivity contribution in [2.45, 2.75) is 50.7 Å². The van der Waals surface area contributed by atoms with E-state index in [1.165, 1.54) is 0 Å². The van der Waals surface area contributed by atoms with Crippen molar-refractivity contribution in [2.24, 2.45) is 5.92 Å². The fraction of sp³-hybridized carbons (Fsp3) is 0.800. The number of hydrogen-bond acceptors (Lipinski definition) is 3. The van der Waals surface area contributed by atoms with Gasteiger partial charge >= 0.3 is 6.18 Å². The summed E-state index contributed by atoms with van der Waals surface area (Å²) in [4.78, 5) is 36.2.